The van der Waals surface area contributed by atoms with Gasteiger partial charge in [0.05, 0.1) is 7.11 Å². The molecule has 0 radical (unpaired) electrons. The van der Waals surface area contributed by atoms with Crippen molar-refractivity contribution in [3.8, 4) is 0 Å². The number of rotatable bonds is 1. The largest absolute Gasteiger partial charge is 0.469 e. The minimum Gasteiger partial charge on any atom is -0.469 e. The van der Waals surface area contributed by atoms with Gasteiger partial charge in [-0.2, -0.15) is 0 Å². The van der Waals surface area contributed by atoms with E-state index in [1.54, 1.807) is 6.92 Å². The van der Waals surface area contributed by atoms with E-state index in [1.807, 2.05) is 0 Å². The summed E-state index contributed by atoms with van der Waals surface area (Å²) in [5.74, 6) is -0.157. The van der Waals surface area contributed by atoms with Crippen molar-refractivity contribution >= 4 is 26.6 Å². The molecule has 0 N–H and O–H groups in total. The molecule has 0 aromatic rings. The molecule has 0 bridgehead atoms. The summed E-state index contributed by atoms with van der Waals surface area (Å²) in [4.78, 5) is 19.3. The van der Waals surface area contributed by atoms with Gasteiger partial charge in [-0.3, -0.25) is 9.59 Å². The van der Waals surface area contributed by atoms with Crippen LogP contribution in [0.5, 0.6) is 0 Å². The fourth-order valence-corrected chi connectivity index (χ4v) is 0.144. The molecule has 4 heteroatoms. The van der Waals surface area contributed by atoms with E-state index in [0.717, 1.165) is 0 Å². The van der Waals surface area contributed by atoms with Crippen LogP contribution in [-0.4, -0.2) is 17.8 Å². The van der Waals surface area contributed by atoms with Crippen molar-refractivity contribution in [1.82, 2.24) is 0 Å². The predicted octanol–water partition coefficient (Wildman–Crippen LogP) is 1.50. The van der Waals surface area contributed by atoms with Crippen LogP contribution in [0.1, 0.15) is 20.3 Å². The van der Waals surface area contributed by atoms with Crippen LogP contribution in [0, 0.1) is 0 Å². The Kier molecular flexibility index (Phi) is 10.6. The molecule has 0 heterocycles. The Morgan fingerprint density at radius 3 is 1.80 bits per heavy atom. The molecule has 0 unspecified atom stereocenters. The summed E-state index contributed by atoms with van der Waals surface area (Å²) in [6.45, 7) is 3.20. The Balaban J connectivity index is 0. The van der Waals surface area contributed by atoms with Crippen LogP contribution >= 0.6 is 15.9 Å². The number of halogens is 1. The molecular formula is C6H11BrO3. The van der Waals surface area contributed by atoms with Crippen LogP contribution in [0.15, 0.2) is 0 Å². The summed E-state index contributed by atoms with van der Waals surface area (Å²) >= 11 is 2.63. The highest BCUT2D eigenvalue weighted by molar-refractivity contribution is 9.18. The van der Waals surface area contributed by atoms with Crippen molar-refractivity contribution in [2.75, 3.05) is 7.11 Å². The lowest BCUT2D eigenvalue weighted by Crippen LogP contribution is -1.94. The summed E-state index contributed by atoms with van der Waals surface area (Å²) in [6.07, 6.45) is 0.469. The molecule has 0 rings (SSSR count). The van der Waals surface area contributed by atoms with Gasteiger partial charge >= 0.3 is 5.97 Å². The lowest BCUT2D eigenvalue weighted by atomic mass is 10.5. The molecule has 0 amide bonds. The molecule has 0 spiro atoms. The maximum atomic E-state index is 9.96. The van der Waals surface area contributed by atoms with Crippen molar-refractivity contribution < 1.29 is 14.3 Å². The third-order valence-corrected chi connectivity index (χ3v) is 0.516. The third-order valence-electron chi connectivity index (χ3n) is 0.516. The Morgan fingerprint density at radius 2 is 1.80 bits per heavy atom. The minimum absolute atomic E-state index is 0.0208. The molecule has 3 nitrogen and oxygen atoms in total. The van der Waals surface area contributed by atoms with E-state index in [9.17, 15) is 9.59 Å². The maximum Gasteiger partial charge on any atom is 0.305 e. The fraction of sp³-hybridized carbons (Fsp3) is 0.667. The van der Waals surface area contributed by atoms with Crippen molar-refractivity contribution in [2.45, 2.75) is 20.3 Å². The minimum atomic E-state index is -0.157. The second kappa shape index (κ2) is 8.62. The zero-order valence-electron chi connectivity index (χ0n) is 6.31. The quantitative estimate of drug-likeness (QED) is 0.487. The number of carbonyl (C=O) groups excluding carboxylic acids is 2. The third kappa shape index (κ3) is 25.5. The molecular weight excluding hydrogens is 200 g/mol. The molecule has 0 saturated carbocycles. The van der Waals surface area contributed by atoms with Crippen molar-refractivity contribution in [1.29, 1.82) is 0 Å². The molecule has 0 aliphatic rings. The van der Waals surface area contributed by atoms with E-state index in [2.05, 4.69) is 20.7 Å². The van der Waals surface area contributed by atoms with E-state index >= 15 is 0 Å². The normalized spacial score (nSPS) is 7.20. The van der Waals surface area contributed by atoms with E-state index in [1.165, 1.54) is 14.0 Å². The number of hydrogen-bond donors (Lipinski definition) is 0. The monoisotopic (exact) mass is 210 g/mol. The van der Waals surface area contributed by atoms with Crippen molar-refractivity contribution in [3.63, 3.8) is 0 Å². The molecule has 60 valence electrons. The van der Waals surface area contributed by atoms with Crippen molar-refractivity contribution in [2.24, 2.45) is 0 Å². The van der Waals surface area contributed by atoms with Crippen LogP contribution in [-0.2, 0) is 14.3 Å². The van der Waals surface area contributed by atoms with Gasteiger partial charge in [0.25, 0.3) is 0 Å². The van der Waals surface area contributed by atoms with Crippen LogP contribution in [0.2, 0.25) is 0 Å². The SMILES string of the molecule is CC(=O)Br.CCC(=O)OC. The van der Waals surface area contributed by atoms with E-state index in [-0.39, 0.29) is 10.7 Å². The molecule has 0 aromatic carbocycles. The number of ether oxygens (including phenoxy) is 1. The van der Waals surface area contributed by atoms with Gasteiger partial charge < -0.3 is 4.74 Å². The molecule has 0 atom stereocenters. The zero-order chi connectivity index (χ0) is 8.57. The number of hydrogen-bond acceptors (Lipinski definition) is 3. The van der Waals surface area contributed by atoms with Crippen LogP contribution < -0.4 is 0 Å². The van der Waals surface area contributed by atoms with Gasteiger partial charge in [-0.05, 0) is 15.9 Å². The molecule has 10 heavy (non-hydrogen) atoms. The first-order chi connectivity index (χ1) is 4.54. The number of esters is 1. The highest BCUT2D eigenvalue weighted by atomic mass is 79.9. The topological polar surface area (TPSA) is 43.4 Å². The van der Waals surface area contributed by atoms with E-state index in [4.69, 9.17) is 0 Å². The molecule has 0 aliphatic carbocycles. The second-order valence-corrected chi connectivity index (χ2v) is 2.52. The summed E-state index contributed by atoms with van der Waals surface area (Å²) in [5, 5.41) is 0. The first-order valence-corrected chi connectivity index (χ1v) is 3.56. The van der Waals surface area contributed by atoms with Crippen molar-refractivity contribution in [3.05, 3.63) is 0 Å². The summed E-state index contributed by atoms with van der Waals surface area (Å²) in [6, 6.07) is 0. The van der Waals surface area contributed by atoms with E-state index < -0.39 is 0 Å². The predicted molar refractivity (Wildman–Crippen MR) is 41.9 cm³/mol. The lowest BCUT2D eigenvalue weighted by Gasteiger charge is -1.87. The Labute approximate surface area is 68.9 Å². The highest BCUT2D eigenvalue weighted by Gasteiger charge is 1.87. The Bertz CT molecular complexity index is 102. The van der Waals surface area contributed by atoms with Crippen LogP contribution in [0.4, 0.5) is 0 Å². The summed E-state index contributed by atoms with van der Waals surface area (Å²) in [7, 11) is 1.38. The molecule has 0 fully saturated rings. The van der Waals surface area contributed by atoms with E-state index in [0.29, 0.717) is 6.42 Å². The van der Waals surface area contributed by atoms with Gasteiger partial charge in [0, 0.05) is 13.3 Å². The fourth-order valence-electron chi connectivity index (χ4n) is 0.144. The van der Waals surface area contributed by atoms with Crippen LogP contribution in [0.3, 0.4) is 0 Å². The second-order valence-electron chi connectivity index (χ2n) is 1.40. The van der Waals surface area contributed by atoms with Gasteiger partial charge in [0.1, 0.15) is 0 Å². The highest BCUT2D eigenvalue weighted by Crippen LogP contribution is 1.76. The Morgan fingerprint density at radius 1 is 1.50 bits per heavy atom. The smallest absolute Gasteiger partial charge is 0.305 e. The molecule has 0 aromatic heterocycles. The number of carbonyl (C=O) groups is 2. The molecule has 0 saturated heterocycles. The Hall–Kier alpha value is -0.380. The average Bonchev–Trinajstić information content (AvgIpc) is 1.85. The van der Waals surface area contributed by atoms with Gasteiger partial charge in [0.15, 0.2) is 4.69 Å². The van der Waals surface area contributed by atoms with Gasteiger partial charge in [0.2, 0.25) is 0 Å². The summed E-state index contributed by atoms with van der Waals surface area (Å²) < 4.78 is 4.24. The molecule has 0 aliphatic heterocycles. The van der Waals surface area contributed by atoms with Crippen LogP contribution in [0.25, 0.3) is 0 Å². The number of methoxy groups -OCH3 is 1. The standard InChI is InChI=1S/C4H8O2.C2H3BrO/c1-3-4(5)6-2;1-2(3)4/h3H2,1-2H3;1H3. The first kappa shape index (κ1) is 12.3. The average molecular weight is 211 g/mol. The zero-order valence-corrected chi connectivity index (χ0v) is 7.90. The lowest BCUT2D eigenvalue weighted by molar-refractivity contribution is -0.140. The van der Waals surface area contributed by atoms with Gasteiger partial charge in [-0.15, -0.1) is 0 Å². The maximum absolute atomic E-state index is 9.96. The van der Waals surface area contributed by atoms with Gasteiger partial charge in [-0.25, -0.2) is 0 Å². The summed E-state index contributed by atoms with van der Waals surface area (Å²) in [5.41, 5.74) is 0. The van der Waals surface area contributed by atoms with Gasteiger partial charge in [-0.1, -0.05) is 6.92 Å². The first-order valence-electron chi connectivity index (χ1n) is 2.77.